The van der Waals surface area contributed by atoms with E-state index in [4.69, 9.17) is 0 Å². The summed E-state index contributed by atoms with van der Waals surface area (Å²) in [6.45, 7) is 2.00. The molecule has 1 fully saturated rings. The number of thioether (sulfide) groups is 1. The molecule has 25 heavy (non-hydrogen) atoms. The number of halogens is 1. The fraction of sp³-hybridized carbons (Fsp3) is 0.588. The Labute approximate surface area is 153 Å². The van der Waals surface area contributed by atoms with Crippen molar-refractivity contribution in [2.45, 2.75) is 43.9 Å². The highest BCUT2D eigenvalue weighted by Crippen LogP contribution is 2.29. The number of carbonyl (C=O) groups is 1. The average Bonchev–Trinajstić information content (AvgIpc) is 3.03. The van der Waals surface area contributed by atoms with Crippen molar-refractivity contribution < 1.29 is 17.6 Å². The van der Waals surface area contributed by atoms with E-state index in [2.05, 4.69) is 5.32 Å². The predicted octanol–water partition coefficient (Wildman–Crippen LogP) is 2.77. The number of nitrogens with one attached hydrogen (secondary N) is 1. The summed E-state index contributed by atoms with van der Waals surface area (Å²) in [7, 11) is -3.72. The minimum Gasteiger partial charge on any atom is -0.353 e. The van der Waals surface area contributed by atoms with Crippen molar-refractivity contribution in [3.63, 3.8) is 0 Å². The molecular formula is C17H25FN2O3S2. The topological polar surface area (TPSA) is 66.5 Å². The zero-order valence-corrected chi connectivity index (χ0v) is 16.2. The fourth-order valence-corrected chi connectivity index (χ4v) is 5.41. The van der Waals surface area contributed by atoms with Crippen LogP contribution in [0.4, 0.5) is 10.1 Å². The van der Waals surface area contributed by atoms with Crippen LogP contribution in [0.5, 0.6) is 0 Å². The summed E-state index contributed by atoms with van der Waals surface area (Å²) >= 11 is 1.85. The van der Waals surface area contributed by atoms with Crippen molar-refractivity contribution in [3.05, 3.63) is 30.1 Å². The van der Waals surface area contributed by atoms with Gasteiger partial charge in [0.15, 0.2) is 0 Å². The maximum atomic E-state index is 13.5. The molecule has 0 unspecified atom stereocenters. The van der Waals surface area contributed by atoms with Gasteiger partial charge in [-0.2, -0.15) is 11.8 Å². The lowest BCUT2D eigenvalue weighted by Crippen LogP contribution is -2.48. The van der Waals surface area contributed by atoms with E-state index in [1.54, 1.807) is 0 Å². The molecule has 1 saturated carbocycles. The van der Waals surface area contributed by atoms with Gasteiger partial charge in [-0.05, 0) is 38.0 Å². The number of benzene rings is 1. The lowest BCUT2D eigenvalue weighted by Gasteiger charge is -2.28. The second-order valence-corrected chi connectivity index (χ2v) is 9.55. The molecule has 1 aliphatic rings. The molecule has 1 atom stereocenters. The third kappa shape index (κ3) is 5.88. The molecule has 1 N–H and O–H groups in total. The number of rotatable bonds is 8. The monoisotopic (exact) mass is 388 g/mol. The normalized spacial score (nSPS) is 16.6. The van der Waals surface area contributed by atoms with Crippen LogP contribution in [0.15, 0.2) is 24.3 Å². The largest absolute Gasteiger partial charge is 0.353 e. The quantitative estimate of drug-likeness (QED) is 0.696. The van der Waals surface area contributed by atoms with Gasteiger partial charge in [0.25, 0.3) is 0 Å². The van der Waals surface area contributed by atoms with Crippen molar-refractivity contribution in [3.8, 4) is 0 Å². The molecule has 2 rings (SSSR count). The van der Waals surface area contributed by atoms with Crippen molar-refractivity contribution in [2.75, 3.05) is 22.9 Å². The van der Waals surface area contributed by atoms with Gasteiger partial charge in [0.2, 0.25) is 15.9 Å². The van der Waals surface area contributed by atoms with Crippen LogP contribution in [0, 0.1) is 5.82 Å². The number of sulfonamides is 1. The average molecular weight is 389 g/mol. The molecule has 0 aliphatic heterocycles. The van der Waals surface area contributed by atoms with Gasteiger partial charge >= 0.3 is 0 Å². The van der Waals surface area contributed by atoms with Gasteiger partial charge in [0.05, 0.1) is 11.9 Å². The van der Waals surface area contributed by atoms with Crippen LogP contribution in [0.3, 0.4) is 0 Å². The highest BCUT2D eigenvalue weighted by molar-refractivity contribution is 7.99. The molecule has 0 saturated heterocycles. The molecule has 1 aromatic rings. The van der Waals surface area contributed by atoms with E-state index >= 15 is 0 Å². The van der Waals surface area contributed by atoms with E-state index in [-0.39, 0.29) is 11.6 Å². The zero-order chi connectivity index (χ0) is 18.4. The van der Waals surface area contributed by atoms with Crippen LogP contribution in [0.1, 0.15) is 32.6 Å². The van der Waals surface area contributed by atoms with Crippen LogP contribution in [-0.2, 0) is 14.8 Å². The summed E-state index contributed by atoms with van der Waals surface area (Å²) in [6, 6.07) is 4.29. The zero-order valence-electron chi connectivity index (χ0n) is 14.6. The molecule has 1 aliphatic carbocycles. The predicted molar refractivity (Wildman–Crippen MR) is 101 cm³/mol. The molecule has 0 radical (unpaired) electrons. The van der Waals surface area contributed by atoms with E-state index in [1.807, 2.05) is 11.8 Å². The Kier molecular flexibility index (Phi) is 7.13. The van der Waals surface area contributed by atoms with Gasteiger partial charge < -0.3 is 5.32 Å². The molecule has 1 amide bonds. The lowest BCUT2D eigenvalue weighted by atomic mass is 10.2. The summed E-state index contributed by atoms with van der Waals surface area (Å²) in [6.07, 6.45) is 6.03. The first-order valence-corrected chi connectivity index (χ1v) is 11.3. The van der Waals surface area contributed by atoms with Crippen molar-refractivity contribution in [1.29, 1.82) is 0 Å². The number of anilines is 1. The van der Waals surface area contributed by atoms with Gasteiger partial charge in [-0.3, -0.25) is 9.10 Å². The van der Waals surface area contributed by atoms with Crippen LogP contribution < -0.4 is 9.62 Å². The van der Waals surface area contributed by atoms with Crippen LogP contribution >= 0.6 is 11.8 Å². The molecular weight excluding hydrogens is 363 g/mol. The summed E-state index contributed by atoms with van der Waals surface area (Å²) in [5.41, 5.74) is 0.144. The fourth-order valence-electron chi connectivity index (χ4n) is 3.02. The molecule has 0 aromatic heterocycles. The van der Waals surface area contributed by atoms with Crippen LogP contribution in [0.25, 0.3) is 0 Å². The Hall–Kier alpha value is -1.28. The number of hydrogen-bond donors (Lipinski definition) is 1. The Bertz CT molecular complexity index is 691. The summed E-state index contributed by atoms with van der Waals surface area (Å²) in [5, 5.41) is 3.46. The lowest BCUT2D eigenvalue weighted by molar-refractivity contribution is -0.121. The molecule has 0 heterocycles. The number of nitrogens with zero attached hydrogens (tertiary/aromatic N) is 1. The highest BCUT2D eigenvalue weighted by Gasteiger charge is 2.29. The molecule has 140 valence electrons. The molecule has 5 nitrogen and oxygen atoms in total. The summed E-state index contributed by atoms with van der Waals surface area (Å²) < 4.78 is 38.6. The molecule has 0 spiro atoms. The van der Waals surface area contributed by atoms with E-state index < -0.39 is 21.9 Å². The number of carbonyl (C=O) groups excluding carboxylic acids is 1. The second kappa shape index (κ2) is 8.89. The molecule has 8 heteroatoms. The van der Waals surface area contributed by atoms with Crippen molar-refractivity contribution >= 4 is 33.4 Å². The molecule has 1 aromatic carbocycles. The minimum absolute atomic E-state index is 0.144. The molecule has 0 bridgehead atoms. The third-order valence-corrected chi connectivity index (χ3v) is 6.83. The number of hydrogen-bond acceptors (Lipinski definition) is 4. The second-order valence-electron chi connectivity index (χ2n) is 6.28. The Morgan fingerprint density at radius 1 is 1.40 bits per heavy atom. The van der Waals surface area contributed by atoms with Gasteiger partial charge in [-0.25, -0.2) is 12.8 Å². The van der Waals surface area contributed by atoms with Gasteiger partial charge in [0.1, 0.15) is 11.9 Å². The van der Waals surface area contributed by atoms with Gasteiger partial charge in [-0.1, -0.05) is 18.9 Å². The third-order valence-electron chi connectivity index (χ3n) is 4.21. The Morgan fingerprint density at radius 2 is 2.08 bits per heavy atom. The first-order chi connectivity index (χ1) is 11.8. The summed E-state index contributed by atoms with van der Waals surface area (Å²) in [4.78, 5) is 12.4. The Morgan fingerprint density at radius 3 is 2.68 bits per heavy atom. The van der Waals surface area contributed by atoms with E-state index in [1.165, 1.54) is 50.8 Å². The van der Waals surface area contributed by atoms with E-state index in [0.717, 1.165) is 22.4 Å². The van der Waals surface area contributed by atoms with E-state index in [0.29, 0.717) is 11.8 Å². The van der Waals surface area contributed by atoms with Crippen molar-refractivity contribution in [1.82, 2.24) is 5.32 Å². The number of amides is 1. The minimum atomic E-state index is -3.72. The maximum Gasteiger partial charge on any atom is 0.243 e. The highest BCUT2D eigenvalue weighted by atomic mass is 32.2. The Balaban J connectivity index is 1.96. The van der Waals surface area contributed by atoms with Crippen LogP contribution in [-0.4, -0.2) is 44.2 Å². The van der Waals surface area contributed by atoms with Crippen molar-refractivity contribution in [2.24, 2.45) is 0 Å². The first-order valence-electron chi connectivity index (χ1n) is 8.43. The smallest absolute Gasteiger partial charge is 0.243 e. The van der Waals surface area contributed by atoms with E-state index in [9.17, 15) is 17.6 Å². The van der Waals surface area contributed by atoms with Crippen LogP contribution in [0.2, 0.25) is 0 Å². The first kappa shape index (κ1) is 20.0. The summed E-state index contributed by atoms with van der Waals surface area (Å²) in [5.74, 6) is -0.129. The van der Waals surface area contributed by atoms with Gasteiger partial charge in [-0.15, -0.1) is 0 Å². The maximum absolute atomic E-state index is 13.5. The standard InChI is InChI=1S/C17H25FN2O3S2/c1-13(17(21)19-10-11-24-16-8-3-4-9-16)20(25(2,22)23)15-7-5-6-14(18)12-15/h5-7,12-13,16H,3-4,8-11H2,1-2H3,(H,19,21)/t13-/m0/s1. The SMILES string of the molecule is C[C@@H](C(=O)NCCSC1CCCC1)N(c1cccc(F)c1)S(C)(=O)=O. The van der Waals surface area contributed by atoms with Gasteiger partial charge in [0, 0.05) is 17.5 Å².